The maximum absolute atomic E-state index is 11.5. The van der Waals surface area contributed by atoms with Gasteiger partial charge in [-0.1, -0.05) is 18.2 Å². The average Bonchev–Trinajstić information content (AvgIpc) is 3.20. The number of carboxylic acids is 1. The standard InChI is InChI=1S/C25H19N3O4/c1-16-21(28-24(32-16)17-6-3-2-4-7-17)11-13-31-22-10-9-18(14-19(22)15-26)23-20(25(29)30)8-5-12-27-23/h2-10,12,14H,11,13H2,1H3,(H,29,30). The van der Waals surface area contributed by atoms with E-state index < -0.39 is 5.97 Å². The molecule has 1 N–H and O–H groups in total. The summed E-state index contributed by atoms with van der Waals surface area (Å²) in [6.45, 7) is 2.16. The SMILES string of the molecule is Cc1oc(-c2ccccc2)nc1CCOc1ccc(-c2ncccc2C(=O)O)cc1C#N. The van der Waals surface area contributed by atoms with Gasteiger partial charge in [-0.2, -0.15) is 5.26 Å². The fraction of sp³-hybridized carbons (Fsp3) is 0.120. The van der Waals surface area contributed by atoms with E-state index >= 15 is 0 Å². The van der Waals surface area contributed by atoms with Crippen LogP contribution in [-0.2, 0) is 6.42 Å². The summed E-state index contributed by atoms with van der Waals surface area (Å²) in [6.07, 6.45) is 2.03. The van der Waals surface area contributed by atoms with E-state index in [4.69, 9.17) is 9.15 Å². The molecule has 0 fully saturated rings. The van der Waals surface area contributed by atoms with Crippen LogP contribution in [0.3, 0.4) is 0 Å². The lowest BCUT2D eigenvalue weighted by atomic mass is 10.0. The Hall–Kier alpha value is -4.44. The molecule has 0 saturated heterocycles. The van der Waals surface area contributed by atoms with Crippen LogP contribution in [0.5, 0.6) is 5.75 Å². The molecule has 7 heteroatoms. The van der Waals surface area contributed by atoms with E-state index in [1.807, 2.05) is 37.3 Å². The highest BCUT2D eigenvalue weighted by atomic mass is 16.5. The van der Waals surface area contributed by atoms with Crippen molar-refractivity contribution >= 4 is 5.97 Å². The Morgan fingerprint density at radius 2 is 1.94 bits per heavy atom. The summed E-state index contributed by atoms with van der Waals surface area (Å²) < 4.78 is 11.6. The van der Waals surface area contributed by atoms with E-state index in [9.17, 15) is 15.2 Å². The lowest BCUT2D eigenvalue weighted by molar-refractivity contribution is 0.0697. The molecule has 2 heterocycles. The van der Waals surface area contributed by atoms with Gasteiger partial charge in [0, 0.05) is 23.7 Å². The van der Waals surface area contributed by atoms with Gasteiger partial charge in [-0.15, -0.1) is 0 Å². The first kappa shape index (κ1) is 20.8. The zero-order valence-corrected chi connectivity index (χ0v) is 17.3. The number of aryl methyl sites for hydroxylation is 1. The van der Waals surface area contributed by atoms with Crippen LogP contribution in [0.1, 0.15) is 27.4 Å². The maximum Gasteiger partial charge on any atom is 0.337 e. The van der Waals surface area contributed by atoms with Gasteiger partial charge in [0.1, 0.15) is 17.6 Å². The topological polar surface area (TPSA) is 109 Å². The van der Waals surface area contributed by atoms with Crippen molar-refractivity contribution in [2.45, 2.75) is 13.3 Å². The number of carboxylic acid groups (broad SMARTS) is 1. The van der Waals surface area contributed by atoms with Gasteiger partial charge in [0.25, 0.3) is 0 Å². The summed E-state index contributed by atoms with van der Waals surface area (Å²) in [7, 11) is 0. The Bertz CT molecular complexity index is 1310. The van der Waals surface area contributed by atoms with Gasteiger partial charge >= 0.3 is 5.97 Å². The Morgan fingerprint density at radius 3 is 2.69 bits per heavy atom. The van der Waals surface area contributed by atoms with Gasteiger partial charge in [-0.3, -0.25) is 4.98 Å². The molecule has 0 aliphatic rings. The van der Waals surface area contributed by atoms with E-state index in [1.54, 1.807) is 24.3 Å². The van der Waals surface area contributed by atoms with E-state index in [-0.39, 0.29) is 5.56 Å². The third-order valence-corrected chi connectivity index (χ3v) is 4.92. The van der Waals surface area contributed by atoms with Gasteiger partial charge in [0.15, 0.2) is 0 Å². The number of oxazole rings is 1. The fourth-order valence-electron chi connectivity index (χ4n) is 3.32. The molecule has 4 aromatic rings. The minimum absolute atomic E-state index is 0.0702. The molecule has 7 nitrogen and oxygen atoms in total. The lowest BCUT2D eigenvalue weighted by Gasteiger charge is -2.10. The van der Waals surface area contributed by atoms with Gasteiger partial charge in [-0.25, -0.2) is 9.78 Å². The largest absolute Gasteiger partial charge is 0.492 e. The van der Waals surface area contributed by atoms with Crippen molar-refractivity contribution in [1.82, 2.24) is 9.97 Å². The molecular formula is C25H19N3O4. The van der Waals surface area contributed by atoms with Crippen molar-refractivity contribution in [2.75, 3.05) is 6.61 Å². The molecule has 32 heavy (non-hydrogen) atoms. The van der Waals surface area contributed by atoms with Crippen molar-refractivity contribution < 1.29 is 19.1 Å². The molecule has 0 aliphatic carbocycles. The molecule has 2 aromatic carbocycles. The van der Waals surface area contributed by atoms with Crippen LogP contribution in [0.25, 0.3) is 22.7 Å². The zero-order chi connectivity index (χ0) is 22.5. The minimum Gasteiger partial charge on any atom is -0.492 e. The molecule has 2 aromatic heterocycles. The number of aromatic carboxylic acids is 1. The van der Waals surface area contributed by atoms with Crippen LogP contribution >= 0.6 is 0 Å². The van der Waals surface area contributed by atoms with Crippen LogP contribution in [0.4, 0.5) is 0 Å². The van der Waals surface area contributed by atoms with Crippen molar-refractivity contribution in [3.05, 3.63) is 89.4 Å². The number of nitrogens with zero attached hydrogens (tertiary/aromatic N) is 3. The first-order valence-corrected chi connectivity index (χ1v) is 9.94. The van der Waals surface area contributed by atoms with Gasteiger partial charge in [0.05, 0.1) is 29.1 Å². The molecule has 0 saturated carbocycles. The van der Waals surface area contributed by atoms with Crippen molar-refractivity contribution in [1.29, 1.82) is 5.26 Å². The highest BCUT2D eigenvalue weighted by molar-refractivity contribution is 5.94. The molecular weight excluding hydrogens is 406 g/mol. The third kappa shape index (κ3) is 4.35. The van der Waals surface area contributed by atoms with E-state index in [0.29, 0.717) is 41.5 Å². The first-order valence-electron chi connectivity index (χ1n) is 9.94. The predicted octanol–water partition coefficient (Wildman–Crippen LogP) is 4.90. The van der Waals surface area contributed by atoms with Crippen LogP contribution < -0.4 is 4.74 Å². The summed E-state index contributed by atoms with van der Waals surface area (Å²) in [6, 6.07) is 19.7. The summed E-state index contributed by atoms with van der Waals surface area (Å²) in [5, 5.41) is 19.0. The van der Waals surface area contributed by atoms with E-state index in [0.717, 1.165) is 17.0 Å². The summed E-state index contributed by atoms with van der Waals surface area (Å²) in [5.74, 6) is 0.614. The highest BCUT2D eigenvalue weighted by Gasteiger charge is 2.15. The van der Waals surface area contributed by atoms with E-state index in [2.05, 4.69) is 16.0 Å². The monoisotopic (exact) mass is 425 g/mol. The Balaban J connectivity index is 1.49. The predicted molar refractivity (Wildman–Crippen MR) is 117 cm³/mol. The summed E-state index contributed by atoms with van der Waals surface area (Å²) >= 11 is 0. The number of aromatic nitrogens is 2. The molecule has 0 unspecified atom stereocenters. The van der Waals surface area contributed by atoms with Gasteiger partial charge < -0.3 is 14.3 Å². The van der Waals surface area contributed by atoms with Crippen LogP contribution in [0.15, 0.2) is 71.3 Å². The minimum atomic E-state index is -1.08. The fourth-order valence-corrected chi connectivity index (χ4v) is 3.32. The molecule has 4 rings (SSSR count). The Labute approximate surface area is 184 Å². The summed E-state index contributed by atoms with van der Waals surface area (Å²) in [4.78, 5) is 20.2. The number of benzene rings is 2. The number of carbonyl (C=O) groups is 1. The number of ether oxygens (including phenoxy) is 1. The van der Waals surface area contributed by atoms with Gasteiger partial charge in [-0.05, 0) is 49.4 Å². The smallest absolute Gasteiger partial charge is 0.337 e. The normalized spacial score (nSPS) is 10.5. The van der Waals surface area contributed by atoms with Crippen molar-refractivity contribution in [3.63, 3.8) is 0 Å². The molecule has 0 amide bonds. The Kier molecular flexibility index (Phi) is 5.95. The first-order chi connectivity index (χ1) is 15.6. The maximum atomic E-state index is 11.5. The average molecular weight is 425 g/mol. The second-order valence-electron chi connectivity index (χ2n) is 7.01. The number of rotatable bonds is 7. The van der Waals surface area contributed by atoms with E-state index in [1.165, 1.54) is 12.3 Å². The van der Waals surface area contributed by atoms with Crippen LogP contribution in [0.2, 0.25) is 0 Å². The van der Waals surface area contributed by atoms with Crippen LogP contribution in [-0.4, -0.2) is 27.7 Å². The molecule has 0 atom stereocenters. The number of hydrogen-bond donors (Lipinski definition) is 1. The molecule has 0 spiro atoms. The Morgan fingerprint density at radius 1 is 1.12 bits per heavy atom. The molecule has 158 valence electrons. The number of pyridine rings is 1. The summed E-state index contributed by atoms with van der Waals surface area (Å²) in [5.41, 5.74) is 2.90. The number of nitriles is 1. The second-order valence-corrected chi connectivity index (χ2v) is 7.01. The molecule has 0 radical (unpaired) electrons. The van der Waals surface area contributed by atoms with Crippen molar-refractivity contribution in [2.24, 2.45) is 0 Å². The molecule has 0 aliphatic heterocycles. The van der Waals surface area contributed by atoms with Crippen molar-refractivity contribution in [3.8, 4) is 34.5 Å². The zero-order valence-electron chi connectivity index (χ0n) is 17.3. The lowest BCUT2D eigenvalue weighted by Crippen LogP contribution is -2.05. The van der Waals surface area contributed by atoms with Gasteiger partial charge in [0.2, 0.25) is 5.89 Å². The second kappa shape index (κ2) is 9.14. The number of hydrogen-bond acceptors (Lipinski definition) is 6. The highest BCUT2D eigenvalue weighted by Crippen LogP contribution is 2.28. The quantitative estimate of drug-likeness (QED) is 0.448. The van der Waals surface area contributed by atoms with Crippen LogP contribution in [0, 0.1) is 18.3 Å². The third-order valence-electron chi connectivity index (χ3n) is 4.92. The molecule has 0 bridgehead atoms.